The van der Waals surface area contributed by atoms with Gasteiger partial charge in [0, 0.05) is 40.6 Å². The van der Waals surface area contributed by atoms with Gasteiger partial charge in [-0.05, 0) is 105 Å². The first-order chi connectivity index (χ1) is 25.9. The summed E-state index contributed by atoms with van der Waals surface area (Å²) in [6.45, 7) is 8.91. The monoisotopic (exact) mass is 891 g/mol. The van der Waals surface area contributed by atoms with Crippen LogP contribution < -0.4 is 4.74 Å². The zero-order chi connectivity index (χ0) is 36.1. The quantitative estimate of drug-likeness (QED) is 0.150. The Balaban J connectivity index is 0.00000413. The number of aryl methyl sites for hydroxylation is 4. The molecule has 0 saturated heterocycles. The van der Waals surface area contributed by atoms with Crippen molar-refractivity contribution in [3.63, 3.8) is 0 Å². The second-order valence-electron chi connectivity index (χ2n) is 15.6. The summed E-state index contributed by atoms with van der Waals surface area (Å²) in [5, 5.41) is 7.92. The topological polar surface area (TPSA) is 44.9 Å². The number of aromatic nitrogens is 4. The molecule has 6 heteroatoms. The van der Waals surface area contributed by atoms with Gasteiger partial charge in [0.05, 0.1) is 11.4 Å². The molecule has 0 N–H and O–H groups in total. The van der Waals surface area contributed by atoms with Gasteiger partial charge >= 0.3 is 21.1 Å². The minimum Gasteiger partial charge on any atom is -0.509 e. The van der Waals surface area contributed by atoms with E-state index < -0.39 is 0 Å². The third-order valence-corrected chi connectivity index (χ3v) is 11.7. The Bertz CT molecular complexity index is 2440. The van der Waals surface area contributed by atoms with Crippen LogP contribution in [0.15, 0.2) is 85.1 Å². The van der Waals surface area contributed by atoms with Crippen molar-refractivity contribution in [2.24, 2.45) is 0 Å². The summed E-state index contributed by atoms with van der Waals surface area (Å²) in [7, 11) is 0. The molecule has 2 aliphatic rings. The molecule has 0 bridgehead atoms. The molecule has 2 fully saturated rings. The molecule has 3 heterocycles. The number of pyridine rings is 1. The van der Waals surface area contributed by atoms with Crippen molar-refractivity contribution >= 4 is 21.8 Å². The van der Waals surface area contributed by atoms with Crippen molar-refractivity contribution in [3.8, 4) is 34.1 Å². The van der Waals surface area contributed by atoms with E-state index in [9.17, 15) is 0 Å². The van der Waals surface area contributed by atoms with Gasteiger partial charge in [0.15, 0.2) is 0 Å². The maximum Gasteiger partial charge on any atom is 2.00 e. The molecule has 2 saturated carbocycles. The van der Waals surface area contributed by atoms with E-state index in [0.29, 0.717) is 23.3 Å². The van der Waals surface area contributed by atoms with Crippen molar-refractivity contribution in [3.05, 3.63) is 131 Å². The van der Waals surface area contributed by atoms with E-state index in [1.807, 2.05) is 24.4 Å². The average molecular weight is 892 g/mol. The van der Waals surface area contributed by atoms with Crippen LogP contribution in [0.4, 0.5) is 0 Å². The maximum absolute atomic E-state index is 6.65. The molecule has 0 radical (unpaired) electrons. The van der Waals surface area contributed by atoms with Crippen LogP contribution in [0.5, 0.6) is 11.5 Å². The second kappa shape index (κ2) is 15.3. The number of rotatable bonds is 7. The van der Waals surface area contributed by atoms with Crippen LogP contribution in [0.25, 0.3) is 44.4 Å². The molecule has 7 aromatic rings. The zero-order valence-corrected chi connectivity index (χ0v) is 34.1. The first-order valence-electron chi connectivity index (χ1n) is 19.7. The number of para-hydroxylation sites is 1. The number of fused-ring (bicyclic) bond motifs is 3. The van der Waals surface area contributed by atoms with Gasteiger partial charge in [-0.1, -0.05) is 79.9 Å². The van der Waals surface area contributed by atoms with E-state index in [0.717, 1.165) is 33.5 Å². The third-order valence-electron chi connectivity index (χ3n) is 11.7. The normalized spacial score (nSPS) is 15.5. The molecule has 0 atom stereocenters. The van der Waals surface area contributed by atoms with E-state index >= 15 is 0 Å². The standard InChI is InChI=1S/C48H48N4O.Pt/c1-31-24-25-49-44(28-31)51-42-21-12-11-20-40(42)41-23-22-39(30-43(41)51)53-38-19-13-18-37(29-38)52-48(36-16-9-6-10-17-36)46(45-33(3)26-32(2)27-34(45)4)47(50-52)35-14-7-5-8-15-35;/h11-13,18-28,35-36H,5-10,14-17H2,1-4H3;/q-2;+2. The van der Waals surface area contributed by atoms with Gasteiger partial charge in [0.25, 0.3) is 0 Å². The van der Waals surface area contributed by atoms with Gasteiger partial charge in [0.2, 0.25) is 0 Å². The summed E-state index contributed by atoms with van der Waals surface area (Å²) in [5.74, 6) is 3.09. The molecule has 54 heavy (non-hydrogen) atoms. The largest absolute Gasteiger partial charge is 2.00 e. The van der Waals surface area contributed by atoms with E-state index in [4.69, 9.17) is 14.8 Å². The summed E-state index contributed by atoms with van der Waals surface area (Å²) in [4.78, 5) is 4.75. The van der Waals surface area contributed by atoms with E-state index in [2.05, 4.69) is 110 Å². The third kappa shape index (κ3) is 6.74. The predicted molar refractivity (Wildman–Crippen MR) is 216 cm³/mol. The molecule has 0 amide bonds. The molecule has 2 aliphatic carbocycles. The zero-order valence-electron chi connectivity index (χ0n) is 31.8. The molecule has 9 rings (SSSR count). The Morgan fingerprint density at radius 2 is 1.35 bits per heavy atom. The number of hydrogen-bond donors (Lipinski definition) is 0. The van der Waals surface area contributed by atoms with E-state index in [-0.39, 0.29) is 21.1 Å². The molecular formula is C48H48N4OPt. The Labute approximate surface area is 334 Å². The van der Waals surface area contributed by atoms with Crippen molar-refractivity contribution in [2.45, 2.75) is 104 Å². The molecule has 3 aromatic heterocycles. The van der Waals surface area contributed by atoms with Crippen molar-refractivity contribution in [1.29, 1.82) is 0 Å². The first-order valence-corrected chi connectivity index (χ1v) is 19.7. The van der Waals surface area contributed by atoms with Crippen molar-refractivity contribution < 1.29 is 25.8 Å². The predicted octanol–water partition coefficient (Wildman–Crippen LogP) is 12.8. The summed E-state index contributed by atoms with van der Waals surface area (Å²) in [5.41, 5.74) is 13.6. The number of hydrogen-bond acceptors (Lipinski definition) is 3. The van der Waals surface area contributed by atoms with Crippen molar-refractivity contribution in [2.75, 3.05) is 0 Å². The fourth-order valence-corrected chi connectivity index (χ4v) is 9.43. The summed E-state index contributed by atoms with van der Waals surface area (Å²) < 4.78 is 11.1. The smallest absolute Gasteiger partial charge is 0.509 e. The molecular weight excluding hydrogens is 844 g/mol. The first kappa shape index (κ1) is 36.5. The Hall–Kier alpha value is -4.47. The molecule has 276 valence electrons. The number of benzene rings is 4. The molecule has 0 spiro atoms. The van der Waals surface area contributed by atoms with Crippen LogP contribution in [0.1, 0.15) is 110 Å². The Morgan fingerprint density at radius 3 is 2.09 bits per heavy atom. The molecule has 0 unspecified atom stereocenters. The molecule has 5 nitrogen and oxygen atoms in total. The summed E-state index contributed by atoms with van der Waals surface area (Å²) >= 11 is 0. The average Bonchev–Trinajstić information content (AvgIpc) is 3.72. The van der Waals surface area contributed by atoms with Crippen LogP contribution in [0.3, 0.4) is 0 Å². The van der Waals surface area contributed by atoms with Gasteiger partial charge in [-0.2, -0.15) is 17.2 Å². The minimum absolute atomic E-state index is 0. The Kier molecular flexibility index (Phi) is 10.4. The van der Waals surface area contributed by atoms with Gasteiger partial charge in [0.1, 0.15) is 5.82 Å². The maximum atomic E-state index is 6.65. The van der Waals surface area contributed by atoms with Gasteiger partial charge < -0.3 is 9.30 Å². The summed E-state index contributed by atoms with van der Waals surface area (Å²) in [6.07, 6.45) is 14.4. The molecule has 4 aromatic carbocycles. The van der Waals surface area contributed by atoms with Crippen molar-refractivity contribution in [1.82, 2.24) is 19.3 Å². The Morgan fingerprint density at radius 1 is 0.648 bits per heavy atom. The number of ether oxygens (including phenoxy) is 1. The van der Waals surface area contributed by atoms with E-state index in [1.54, 1.807) is 0 Å². The fraction of sp³-hybridized carbons (Fsp3) is 0.333. The fourth-order valence-electron chi connectivity index (χ4n) is 9.43. The van der Waals surface area contributed by atoms with Crippen LogP contribution in [0.2, 0.25) is 0 Å². The van der Waals surface area contributed by atoms with Crippen LogP contribution in [0, 0.1) is 39.8 Å². The van der Waals surface area contributed by atoms with E-state index in [1.165, 1.54) is 109 Å². The van der Waals surface area contributed by atoms with Crippen LogP contribution in [-0.2, 0) is 21.1 Å². The van der Waals surface area contributed by atoms with Crippen LogP contribution >= 0.6 is 0 Å². The van der Waals surface area contributed by atoms with Gasteiger partial charge in [-0.3, -0.25) is 4.68 Å². The van der Waals surface area contributed by atoms with Gasteiger partial charge in [-0.15, -0.1) is 35.7 Å². The minimum atomic E-state index is 0. The summed E-state index contributed by atoms with van der Waals surface area (Å²) in [6, 6.07) is 35.1. The van der Waals surface area contributed by atoms with Gasteiger partial charge in [-0.25, -0.2) is 4.98 Å². The van der Waals surface area contributed by atoms with Crippen LogP contribution in [-0.4, -0.2) is 19.3 Å². The second-order valence-corrected chi connectivity index (χ2v) is 15.6. The molecule has 0 aliphatic heterocycles. The number of nitrogens with zero attached hydrogens (tertiary/aromatic N) is 4. The SMILES string of the molecule is Cc1ccnc(-n2c3[c-]c(Oc4[c-]c(-n5nc(C6CCCCC6)c(-c6c(C)cc(C)cc6C)c5C5CCCCC5)ccc4)ccc3c3ccccc32)c1.[Pt+2].